The Labute approximate surface area is 127 Å². The van der Waals surface area contributed by atoms with Gasteiger partial charge in [0.15, 0.2) is 0 Å². The Kier molecular flexibility index (Phi) is 3.41. The average molecular weight is 302 g/mol. The SMILES string of the molecule is Cc1noc(C)c1C(C)Nc1ncnc2sc(C)c(C)c12. The molecule has 0 aliphatic carbocycles. The van der Waals surface area contributed by atoms with Gasteiger partial charge in [0, 0.05) is 10.4 Å². The van der Waals surface area contributed by atoms with Crippen molar-refractivity contribution in [3.05, 3.63) is 33.8 Å². The molecule has 3 heterocycles. The Morgan fingerprint density at radius 3 is 2.62 bits per heavy atom. The maximum Gasteiger partial charge on any atom is 0.139 e. The van der Waals surface area contributed by atoms with Crippen LogP contribution in [0.15, 0.2) is 10.9 Å². The minimum Gasteiger partial charge on any atom is -0.363 e. The van der Waals surface area contributed by atoms with E-state index < -0.39 is 0 Å². The summed E-state index contributed by atoms with van der Waals surface area (Å²) < 4.78 is 5.25. The van der Waals surface area contributed by atoms with E-state index in [9.17, 15) is 0 Å². The molecule has 0 aliphatic heterocycles. The molecule has 0 saturated carbocycles. The molecule has 0 saturated heterocycles. The van der Waals surface area contributed by atoms with E-state index in [2.05, 4.69) is 41.2 Å². The van der Waals surface area contributed by atoms with Gasteiger partial charge < -0.3 is 9.84 Å². The first-order chi connectivity index (χ1) is 9.99. The molecule has 110 valence electrons. The summed E-state index contributed by atoms with van der Waals surface area (Å²) in [5.74, 6) is 1.71. The molecular formula is C15H18N4OS. The van der Waals surface area contributed by atoms with E-state index in [4.69, 9.17) is 4.52 Å². The summed E-state index contributed by atoms with van der Waals surface area (Å²) >= 11 is 1.70. The van der Waals surface area contributed by atoms with E-state index in [1.807, 2.05) is 13.8 Å². The fourth-order valence-corrected chi connectivity index (χ4v) is 3.67. The van der Waals surface area contributed by atoms with Gasteiger partial charge in [0.1, 0.15) is 22.7 Å². The molecule has 3 aromatic heterocycles. The molecule has 0 aromatic carbocycles. The Morgan fingerprint density at radius 1 is 1.19 bits per heavy atom. The predicted octanol–water partition coefficient (Wildman–Crippen LogP) is 4.09. The zero-order valence-electron chi connectivity index (χ0n) is 12.8. The Hall–Kier alpha value is -1.95. The van der Waals surface area contributed by atoms with Gasteiger partial charge in [-0.3, -0.25) is 0 Å². The van der Waals surface area contributed by atoms with Crippen molar-refractivity contribution in [3.8, 4) is 0 Å². The lowest BCUT2D eigenvalue weighted by Crippen LogP contribution is -2.10. The maximum atomic E-state index is 5.25. The summed E-state index contributed by atoms with van der Waals surface area (Å²) in [4.78, 5) is 11.1. The van der Waals surface area contributed by atoms with Crippen molar-refractivity contribution in [2.24, 2.45) is 0 Å². The van der Waals surface area contributed by atoms with Gasteiger partial charge in [0.25, 0.3) is 0 Å². The summed E-state index contributed by atoms with van der Waals surface area (Å²) in [5, 5.41) is 8.61. The molecule has 0 radical (unpaired) electrons. The number of nitrogens with one attached hydrogen (secondary N) is 1. The molecule has 0 aliphatic rings. The smallest absolute Gasteiger partial charge is 0.139 e. The van der Waals surface area contributed by atoms with E-state index in [-0.39, 0.29) is 6.04 Å². The largest absolute Gasteiger partial charge is 0.363 e. The first-order valence-electron chi connectivity index (χ1n) is 6.89. The molecular weight excluding hydrogens is 284 g/mol. The number of aryl methyl sites for hydroxylation is 4. The van der Waals surface area contributed by atoms with Crippen molar-refractivity contribution in [3.63, 3.8) is 0 Å². The normalized spacial score (nSPS) is 12.8. The van der Waals surface area contributed by atoms with Crippen LogP contribution in [-0.2, 0) is 0 Å². The fraction of sp³-hybridized carbons (Fsp3) is 0.400. The average Bonchev–Trinajstić information content (AvgIpc) is 2.91. The molecule has 5 nitrogen and oxygen atoms in total. The van der Waals surface area contributed by atoms with Gasteiger partial charge in [-0.25, -0.2) is 9.97 Å². The third-order valence-electron chi connectivity index (χ3n) is 3.84. The van der Waals surface area contributed by atoms with Crippen molar-refractivity contribution in [1.29, 1.82) is 0 Å². The quantitative estimate of drug-likeness (QED) is 0.789. The van der Waals surface area contributed by atoms with Crippen LogP contribution in [0.5, 0.6) is 0 Å². The van der Waals surface area contributed by atoms with Crippen LogP contribution >= 0.6 is 11.3 Å². The number of hydrogen-bond donors (Lipinski definition) is 1. The first-order valence-corrected chi connectivity index (χ1v) is 7.70. The highest BCUT2D eigenvalue weighted by atomic mass is 32.1. The van der Waals surface area contributed by atoms with Gasteiger partial charge in [-0.2, -0.15) is 0 Å². The van der Waals surface area contributed by atoms with Gasteiger partial charge in [-0.1, -0.05) is 5.16 Å². The number of hydrogen-bond acceptors (Lipinski definition) is 6. The van der Waals surface area contributed by atoms with E-state index >= 15 is 0 Å². The number of aromatic nitrogens is 3. The van der Waals surface area contributed by atoms with Crippen molar-refractivity contribution in [2.45, 2.75) is 40.7 Å². The molecule has 0 spiro atoms. The van der Waals surface area contributed by atoms with Crippen LogP contribution < -0.4 is 5.32 Å². The molecule has 1 atom stereocenters. The Balaban J connectivity index is 2.02. The zero-order chi connectivity index (χ0) is 15.1. The predicted molar refractivity (Wildman–Crippen MR) is 84.9 cm³/mol. The van der Waals surface area contributed by atoms with Crippen LogP contribution in [0.1, 0.15) is 40.4 Å². The molecule has 0 fully saturated rings. The summed E-state index contributed by atoms with van der Waals surface area (Å²) in [6, 6.07) is 0.0777. The second-order valence-electron chi connectivity index (χ2n) is 5.29. The van der Waals surface area contributed by atoms with E-state index in [0.29, 0.717) is 0 Å². The second kappa shape index (κ2) is 5.11. The molecule has 21 heavy (non-hydrogen) atoms. The van der Waals surface area contributed by atoms with Crippen molar-refractivity contribution < 1.29 is 4.52 Å². The van der Waals surface area contributed by atoms with Gasteiger partial charge >= 0.3 is 0 Å². The lowest BCUT2D eigenvalue weighted by molar-refractivity contribution is 0.392. The third kappa shape index (κ3) is 2.29. The standard InChI is InChI=1S/C15H18N4OS/c1-7-11(5)21-15-12(7)14(16-6-17-15)18-8(2)13-9(3)19-20-10(13)4/h6,8H,1-5H3,(H,16,17,18). The van der Waals surface area contributed by atoms with Crippen molar-refractivity contribution >= 4 is 27.4 Å². The Morgan fingerprint density at radius 2 is 1.95 bits per heavy atom. The van der Waals surface area contributed by atoms with Gasteiger partial charge in [-0.05, 0) is 40.2 Å². The van der Waals surface area contributed by atoms with Crippen LogP contribution in [0.2, 0.25) is 0 Å². The number of thiophene rings is 1. The Bertz CT molecular complexity index is 786. The fourth-order valence-electron chi connectivity index (χ4n) is 2.68. The highest BCUT2D eigenvalue weighted by Crippen LogP contribution is 2.34. The lowest BCUT2D eigenvalue weighted by Gasteiger charge is -2.15. The minimum atomic E-state index is 0.0777. The number of rotatable bonds is 3. The zero-order valence-corrected chi connectivity index (χ0v) is 13.6. The highest BCUT2D eigenvalue weighted by molar-refractivity contribution is 7.18. The molecule has 6 heteroatoms. The van der Waals surface area contributed by atoms with Crippen LogP contribution in [0, 0.1) is 27.7 Å². The van der Waals surface area contributed by atoms with E-state index in [0.717, 1.165) is 33.1 Å². The second-order valence-corrected chi connectivity index (χ2v) is 6.49. The van der Waals surface area contributed by atoms with Gasteiger partial charge in [-0.15, -0.1) is 11.3 Å². The van der Waals surface area contributed by atoms with E-state index in [1.165, 1.54) is 10.4 Å². The number of anilines is 1. The topological polar surface area (TPSA) is 63.8 Å². The monoisotopic (exact) mass is 302 g/mol. The molecule has 1 N–H and O–H groups in total. The summed E-state index contributed by atoms with van der Waals surface area (Å²) in [5.41, 5.74) is 3.24. The third-order valence-corrected chi connectivity index (χ3v) is 4.96. The van der Waals surface area contributed by atoms with Crippen LogP contribution in [-0.4, -0.2) is 15.1 Å². The highest BCUT2D eigenvalue weighted by Gasteiger charge is 2.19. The summed E-state index contributed by atoms with van der Waals surface area (Å²) in [6.45, 7) is 10.2. The molecule has 0 bridgehead atoms. The van der Waals surface area contributed by atoms with Gasteiger partial charge in [0.2, 0.25) is 0 Å². The lowest BCUT2D eigenvalue weighted by atomic mass is 10.1. The first kappa shape index (κ1) is 14.0. The van der Waals surface area contributed by atoms with Crippen LogP contribution in [0.4, 0.5) is 5.82 Å². The van der Waals surface area contributed by atoms with Crippen LogP contribution in [0.25, 0.3) is 10.2 Å². The molecule has 0 amide bonds. The number of nitrogens with zero attached hydrogens (tertiary/aromatic N) is 3. The minimum absolute atomic E-state index is 0.0777. The summed E-state index contributed by atoms with van der Waals surface area (Å²) in [6.07, 6.45) is 1.61. The molecule has 1 unspecified atom stereocenters. The van der Waals surface area contributed by atoms with Crippen molar-refractivity contribution in [1.82, 2.24) is 15.1 Å². The molecule has 3 rings (SSSR count). The maximum absolute atomic E-state index is 5.25. The molecule has 3 aromatic rings. The van der Waals surface area contributed by atoms with Gasteiger partial charge in [0.05, 0.1) is 17.1 Å². The number of fused-ring (bicyclic) bond motifs is 1. The van der Waals surface area contributed by atoms with Crippen LogP contribution in [0.3, 0.4) is 0 Å². The van der Waals surface area contributed by atoms with Crippen molar-refractivity contribution in [2.75, 3.05) is 5.32 Å². The summed E-state index contributed by atoms with van der Waals surface area (Å²) in [7, 11) is 0. The van der Waals surface area contributed by atoms with E-state index in [1.54, 1.807) is 17.7 Å².